The van der Waals surface area contributed by atoms with E-state index in [2.05, 4.69) is 23.4 Å². The fourth-order valence-corrected chi connectivity index (χ4v) is 3.05. The molecule has 2 aromatic rings. The van der Waals surface area contributed by atoms with Crippen molar-refractivity contribution in [3.8, 4) is 0 Å². The molecule has 1 aliphatic rings. The summed E-state index contributed by atoms with van der Waals surface area (Å²) in [5, 5.41) is 0. The fraction of sp³-hybridized carbons (Fsp3) is 0.500. The lowest BCUT2D eigenvalue weighted by Gasteiger charge is -2.16. The van der Waals surface area contributed by atoms with Gasteiger partial charge in [-0.3, -0.25) is 4.98 Å². The lowest BCUT2D eigenvalue weighted by molar-refractivity contribution is 0.619. The molecule has 20 heavy (non-hydrogen) atoms. The molecule has 0 aromatic carbocycles. The minimum absolute atomic E-state index is 0.782. The maximum atomic E-state index is 6.12. The summed E-state index contributed by atoms with van der Waals surface area (Å²) in [6, 6.07) is 0. The second-order valence-electron chi connectivity index (χ2n) is 5.77. The summed E-state index contributed by atoms with van der Waals surface area (Å²) in [5.41, 5.74) is 12.9. The number of anilines is 1. The summed E-state index contributed by atoms with van der Waals surface area (Å²) in [4.78, 5) is 9.30. The second-order valence-corrected chi connectivity index (χ2v) is 5.77. The Morgan fingerprint density at radius 3 is 2.75 bits per heavy atom. The molecule has 0 saturated carbocycles. The minimum Gasteiger partial charge on any atom is -0.398 e. The van der Waals surface area contributed by atoms with Crippen molar-refractivity contribution in [1.82, 2.24) is 14.5 Å². The van der Waals surface area contributed by atoms with Gasteiger partial charge in [-0.1, -0.05) is 0 Å². The monoisotopic (exact) mass is 270 g/mol. The van der Waals surface area contributed by atoms with Crippen LogP contribution in [0.1, 0.15) is 46.9 Å². The van der Waals surface area contributed by atoms with Crippen LogP contribution in [0.5, 0.6) is 0 Å². The van der Waals surface area contributed by atoms with Gasteiger partial charge in [-0.15, -0.1) is 0 Å². The molecule has 0 radical (unpaired) electrons. The second kappa shape index (κ2) is 4.93. The van der Waals surface area contributed by atoms with Crippen molar-refractivity contribution in [2.75, 3.05) is 5.73 Å². The normalized spacial score (nSPS) is 14.3. The Balaban J connectivity index is 2.00. The van der Waals surface area contributed by atoms with Crippen molar-refractivity contribution in [3.63, 3.8) is 0 Å². The summed E-state index contributed by atoms with van der Waals surface area (Å²) in [5.74, 6) is 1.09. The summed E-state index contributed by atoms with van der Waals surface area (Å²) < 4.78 is 2.32. The summed E-state index contributed by atoms with van der Waals surface area (Å²) in [6.07, 6.45) is 6.65. The van der Waals surface area contributed by atoms with Crippen molar-refractivity contribution in [3.05, 3.63) is 40.2 Å². The van der Waals surface area contributed by atoms with E-state index in [0.29, 0.717) is 0 Å². The predicted molar refractivity (Wildman–Crippen MR) is 80.8 cm³/mol. The van der Waals surface area contributed by atoms with Gasteiger partial charge in [0.15, 0.2) is 0 Å². The van der Waals surface area contributed by atoms with Crippen LogP contribution in [0, 0.1) is 20.8 Å². The highest BCUT2D eigenvalue weighted by Crippen LogP contribution is 2.24. The molecule has 3 rings (SSSR count). The van der Waals surface area contributed by atoms with Crippen molar-refractivity contribution in [2.45, 2.75) is 53.0 Å². The molecule has 106 valence electrons. The van der Waals surface area contributed by atoms with Crippen LogP contribution in [0.4, 0.5) is 5.69 Å². The molecule has 0 amide bonds. The van der Waals surface area contributed by atoms with Gasteiger partial charge in [0, 0.05) is 17.6 Å². The molecule has 2 aromatic heterocycles. The smallest absolute Gasteiger partial charge is 0.106 e. The number of nitrogens with two attached hydrogens (primary N) is 1. The van der Waals surface area contributed by atoms with Gasteiger partial charge in [-0.2, -0.15) is 0 Å². The Morgan fingerprint density at radius 2 is 1.95 bits per heavy atom. The van der Waals surface area contributed by atoms with Gasteiger partial charge in [0.1, 0.15) is 5.82 Å². The maximum absolute atomic E-state index is 6.12. The lowest BCUT2D eigenvalue weighted by Crippen LogP contribution is -2.13. The van der Waals surface area contributed by atoms with Crippen LogP contribution in [-0.2, 0) is 19.4 Å². The van der Waals surface area contributed by atoms with Crippen LogP contribution in [0.2, 0.25) is 0 Å². The van der Waals surface area contributed by atoms with E-state index in [-0.39, 0.29) is 0 Å². The van der Waals surface area contributed by atoms with Crippen LogP contribution in [0.25, 0.3) is 0 Å². The number of nitrogen functional groups attached to an aromatic ring is 1. The van der Waals surface area contributed by atoms with Crippen LogP contribution in [0.15, 0.2) is 6.20 Å². The summed E-state index contributed by atoms with van der Waals surface area (Å²) in [6.45, 7) is 6.93. The van der Waals surface area contributed by atoms with E-state index in [0.717, 1.165) is 47.7 Å². The summed E-state index contributed by atoms with van der Waals surface area (Å²) in [7, 11) is 0. The third-order valence-electron chi connectivity index (χ3n) is 4.41. The van der Waals surface area contributed by atoms with Gasteiger partial charge in [-0.05, 0) is 57.6 Å². The molecule has 2 N–H and O–H groups in total. The van der Waals surface area contributed by atoms with Crippen molar-refractivity contribution < 1.29 is 0 Å². The molecule has 2 heterocycles. The zero-order valence-corrected chi connectivity index (χ0v) is 12.5. The lowest BCUT2D eigenvalue weighted by atomic mass is 10.0. The molecule has 0 unspecified atom stereocenters. The Morgan fingerprint density at radius 1 is 1.20 bits per heavy atom. The van der Waals surface area contributed by atoms with Crippen LogP contribution >= 0.6 is 0 Å². The maximum Gasteiger partial charge on any atom is 0.106 e. The average Bonchev–Trinajstić information content (AvgIpc) is 2.76. The number of pyridine rings is 1. The largest absolute Gasteiger partial charge is 0.398 e. The summed E-state index contributed by atoms with van der Waals surface area (Å²) >= 11 is 0. The highest BCUT2D eigenvalue weighted by Gasteiger charge is 2.19. The predicted octanol–water partition coefficient (Wildman–Crippen LogP) is 2.71. The zero-order valence-electron chi connectivity index (χ0n) is 12.5. The van der Waals surface area contributed by atoms with E-state index in [1.165, 1.54) is 24.2 Å². The topological polar surface area (TPSA) is 56.7 Å². The molecule has 0 bridgehead atoms. The Hall–Kier alpha value is -1.84. The van der Waals surface area contributed by atoms with Crippen LogP contribution in [0.3, 0.4) is 0 Å². The molecule has 0 saturated heterocycles. The average molecular weight is 270 g/mol. The first-order chi connectivity index (χ1) is 9.58. The Bertz CT molecular complexity index is 655. The quantitative estimate of drug-likeness (QED) is 0.913. The highest BCUT2D eigenvalue weighted by molar-refractivity contribution is 5.53. The van der Waals surface area contributed by atoms with E-state index < -0.39 is 0 Å². The van der Waals surface area contributed by atoms with Gasteiger partial charge in [0.2, 0.25) is 0 Å². The molecule has 0 spiro atoms. The molecular weight excluding hydrogens is 248 g/mol. The third-order valence-corrected chi connectivity index (χ3v) is 4.41. The number of nitrogens with zero attached hydrogens (tertiary/aromatic N) is 3. The van der Waals surface area contributed by atoms with Gasteiger partial charge in [0.25, 0.3) is 0 Å². The number of aryl methyl sites for hydroxylation is 3. The van der Waals surface area contributed by atoms with E-state index in [9.17, 15) is 0 Å². The van der Waals surface area contributed by atoms with Crippen LogP contribution in [-0.4, -0.2) is 14.5 Å². The number of hydrogen-bond donors (Lipinski definition) is 1. The molecule has 0 fully saturated rings. The van der Waals surface area contributed by atoms with Gasteiger partial charge < -0.3 is 10.3 Å². The van der Waals surface area contributed by atoms with Crippen molar-refractivity contribution in [1.29, 1.82) is 0 Å². The standard InChI is InChI=1S/C16H22N4/c1-10-8-18-14(11(2)16(10)17)9-20-12(3)19-13-6-4-5-7-15(13)20/h8H,4-7,9H2,1-3H3,(H2,17,18). The number of imidazole rings is 1. The fourth-order valence-electron chi connectivity index (χ4n) is 3.05. The zero-order chi connectivity index (χ0) is 14.3. The molecule has 1 aliphatic carbocycles. The highest BCUT2D eigenvalue weighted by atomic mass is 15.1. The van der Waals surface area contributed by atoms with Gasteiger partial charge in [0.05, 0.1) is 17.9 Å². The first-order valence-corrected chi connectivity index (χ1v) is 7.33. The van der Waals surface area contributed by atoms with Crippen molar-refractivity contribution >= 4 is 5.69 Å². The minimum atomic E-state index is 0.782. The number of hydrogen-bond acceptors (Lipinski definition) is 3. The number of fused-ring (bicyclic) bond motifs is 1. The Labute approximate surface area is 120 Å². The molecular formula is C16H22N4. The van der Waals surface area contributed by atoms with Crippen molar-refractivity contribution in [2.24, 2.45) is 0 Å². The van der Waals surface area contributed by atoms with E-state index in [4.69, 9.17) is 10.7 Å². The van der Waals surface area contributed by atoms with Crippen LogP contribution < -0.4 is 5.73 Å². The van der Waals surface area contributed by atoms with Gasteiger partial charge >= 0.3 is 0 Å². The first-order valence-electron chi connectivity index (χ1n) is 7.33. The van der Waals surface area contributed by atoms with Gasteiger partial charge in [-0.25, -0.2) is 4.98 Å². The molecule has 0 atom stereocenters. The van der Waals surface area contributed by atoms with E-state index >= 15 is 0 Å². The first kappa shape index (κ1) is 13.2. The molecule has 4 nitrogen and oxygen atoms in total. The third kappa shape index (κ3) is 2.09. The molecule has 0 aliphatic heterocycles. The molecule has 4 heteroatoms. The number of aromatic nitrogens is 3. The SMILES string of the molecule is Cc1cnc(Cn2c(C)nc3c2CCCC3)c(C)c1N. The van der Waals surface area contributed by atoms with E-state index in [1.54, 1.807) is 0 Å². The Kier molecular flexibility index (Phi) is 3.24. The number of rotatable bonds is 2. The van der Waals surface area contributed by atoms with E-state index in [1.807, 2.05) is 13.1 Å².